The average molecular weight is 254 g/mol. The van der Waals surface area contributed by atoms with Gasteiger partial charge in [0, 0.05) is 18.0 Å². The molecular formula is C12H18N2O2S. The first-order valence-corrected chi connectivity index (χ1v) is 6.89. The van der Waals surface area contributed by atoms with Gasteiger partial charge in [0.1, 0.15) is 0 Å². The molecule has 0 amide bonds. The predicted octanol–water partition coefficient (Wildman–Crippen LogP) is 2.78. The number of aromatic nitrogens is 1. The van der Waals surface area contributed by atoms with Crippen molar-refractivity contribution < 1.29 is 9.90 Å². The van der Waals surface area contributed by atoms with Crippen LogP contribution in [0.2, 0.25) is 0 Å². The van der Waals surface area contributed by atoms with Gasteiger partial charge in [0.05, 0.1) is 0 Å². The summed E-state index contributed by atoms with van der Waals surface area (Å²) >= 11 is 1.49. The van der Waals surface area contributed by atoms with Gasteiger partial charge in [0.25, 0.3) is 0 Å². The van der Waals surface area contributed by atoms with E-state index in [0.717, 1.165) is 35.4 Å². The summed E-state index contributed by atoms with van der Waals surface area (Å²) < 4.78 is 0. The van der Waals surface area contributed by atoms with Crippen molar-refractivity contribution in [1.82, 2.24) is 4.98 Å². The number of aromatic carboxylic acids is 1. The Balaban J connectivity index is 2.16. The van der Waals surface area contributed by atoms with E-state index < -0.39 is 5.97 Å². The van der Waals surface area contributed by atoms with Gasteiger partial charge >= 0.3 is 5.97 Å². The fourth-order valence-electron chi connectivity index (χ4n) is 1.86. The summed E-state index contributed by atoms with van der Waals surface area (Å²) in [7, 11) is 0. The van der Waals surface area contributed by atoms with Crippen LogP contribution in [0.1, 0.15) is 41.6 Å². The van der Waals surface area contributed by atoms with E-state index in [9.17, 15) is 4.79 Å². The lowest BCUT2D eigenvalue weighted by Crippen LogP contribution is -2.26. The average Bonchev–Trinajstić information content (AvgIpc) is 2.99. The Morgan fingerprint density at radius 3 is 2.76 bits per heavy atom. The Kier molecular flexibility index (Phi) is 3.66. The molecule has 1 aliphatic rings. The first kappa shape index (κ1) is 12.4. The molecule has 1 aliphatic carbocycles. The minimum Gasteiger partial charge on any atom is -0.476 e. The van der Waals surface area contributed by atoms with Crippen molar-refractivity contribution in [3.8, 4) is 0 Å². The van der Waals surface area contributed by atoms with Crippen LogP contribution in [0.4, 0.5) is 5.13 Å². The molecule has 0 saturated heterocycles. The molecule has 1 aromatic heterocycles. The van der Waals surface area contributed by atoms with Crippen LogP contribution in [0.5, 0.6) is 0 Å². The quantitative estimate of drug-likeness (QED) is 0.848. The Morgan fingerprint density at radius 2 is 2.29 bits per heavy atom. The van der Waals surface area contributed by atoms with Crippen LogP contribution in [0, 0.1) is 12.8 Å². The molecule has 0 unspecified atom stereocenters. The highest BCUT2D eigenvalue weighted by molar-refractivity contribution is 7.15. The van der Waals surface area contributed by atoms with Crippen molar-refractivity contribution in [2.45, 2.75) is 33.1 Å². The van der Waals surface area contributed by atoms with Crippen molar-refractivity contribution in [3.05, 3.63) is 10.6 Å². The van der Waals surface area contributed by atoms with E-state index in [2.05, 4.69) is 16.8 Å². The number of carboxylic acid groups (broad SMARTS) is 1. The lowest BCUT2D eigenvalue weighted by atomic mass is 10.3. The lowest BCUT2D eigenvalue weighted by Gasteiger charge is -2.20. The molecule has 0 bridgehead atoms. The number of hydrogen-bond acceptors (Lipinski definition) is 4. The standard InChI is InChI=1S/C12H18N2O2S/c1-3-6-14(7-9-4-5-9)12-13-10(11(15)16)8(2)17-12/h9H,3-7H2,1-2H3,(H,15,16). The van der Waals surface area contributed by atoms with E-state index in [-0.39, 0.29) is 5.69 Å². The molecule has 0 aliphatic heterocycles. The predicted molar refractivity (Wildman–Crippen MR) is 69.0 cm³/mol. The van der Waals surface area contributed by atoms with E-state index in [4.69, 9.17) is 5.11 Å². The van der Waals surface area contributed by atoms with Gasteiger partial charge in [0.2, 0.25) is 0 Å². The maximum atomic E-state index is 11.0. The van der Waals surface area contributed by atoms with Crippen LogP contribution in [-0.2, 0) is 0 Å². The third-order valence-electron chi connectivity index (χ3n) is 2.93. The van der Waals surface area contributed by atoms with E-state index in [1.807, 2.05) is 6.92 Å². The summed E-state index contributed by atoms with van der Waals surface area (Å²) in [6, 6.07) is 0. The summed E-state index contributed by atoms with van der Waals surface area (Å²) in [6.45, 7) is 5.95. The Morgan fingerprint density at radius 1 is 1.59 bits per heavy atom. The highest BCUT2D eigenvalue weighted by Crippen LogP contribution is 2.33. The summed E-state index contributed by atoms with van der Waals surface area (Å²) in [5.41, 5.74) is 0.210. The molecule has 0 atom stereocenters. The third kappa shape index (κ3) is 2.97. The monoisotopic (exact) mass is 254 g/mol. The molecule has 1 aromatic rings. The lowest BCUT2D eigenvalue weighted by molar-refractivity contribution is 0.0690. The Labute approximate surface area is 105 Å². The van der Waals surface area contributed by atoms with Gasteiger partial charge < -0.3 is 10.0 Å². The van der Waals surface area contributed by atoms with Crippen LogP contribution in [0.15, 0.2) is 0 Å². The van der Waals surface area contributed by atoms with Gasteiger partial charge in [-0.05, 0) is 32.1 Å². The van der Waals surface area contributed by atoms with E-state index >= 15 is 0 Å². The van der Waals surface area contributed by atoms with Crippen molar-refractivity contribution in [3.63, 3.8) is 0 Å². The summed E-state index contributed by atoms with van der Waals surface area (Å²) in [5.74, 6) is -0.132. The highest BCUT2D eigenvalue weighted by Gasteiger charge is 2.26. The van der Waals surface area contributed by atoms with Crippen molar-refractivity contribution in [2.24, 2.45) is 5.92 Å². The second kappa shape index (κ2) is 5.04. The molecular weight excluding hydrogens is 236 g/mol. The fraction of sp³-hybridized carbons (Fsp3) is 0.667. The van der Waals surface area contributed by atoms with Crippen LogP contribution in [0.25, 0.3) is 0 Å². The SMILES string of the molecule is CCCN(CC1CC1)c1nc(C(=O)O)c(C)s1. The van der Waals surface area contributed by atoms with E-state index in [0.29, 0.717) is 0 Å². The topological polar surface area (TPSA) is 53.4 Å². The number of carbonyl (C=O) groups is 1. The molecule has 5 heteroatoms. The number of nitrogens with zero attached hydrogens (tertiary/aromatic N) is 2. The molecule has 1 N–H and O–H groups in total. The number of anilines is 1. The van der Waals surface area contributed by atoms with E-state index in [1.165, 1.54) is 24.2 Å². The van der Waals surface area contributed by atoms with Crippen molar-refractivity contribution >= 4 is 22.4 Å². The van der Waals surface area contributed by atoms with Gasteiger partial charge in [0.15, 0.2) is 10.8 Å². The Hall–Kier alpha value is -1.10. The molecule has 1 fully saturated rings. The molecule has 4 nitrogen and oxygen atoms in total. The van der Waals surface area contributed by atoms with Crippen molar-refractivity contribution in [2.75, 3.05) is 18.0 Å². The zero-order valence-corrected chi connectivity index (χ0v) is 11.1. The number of rotatable bonds is 6. The molecule has 1 heterocycles. The van der Waals surface area contributed by atoms with Gasteiger partial charge in [-0.1, -0.05) is 6.92 Å². The molecule has 0 spiro atoms. The second-order valence-electron chi connectivity index (χ2n) is 4.60. The molecule has 2 rings (SSSR count). The van der Waals surface area contributed by atoms with Gasteiger partial charge in [-0.25, -0.2) is 9.78 Å². The summed E-state index contributed by atoms with van der Waals surface area (Å²) in [6.07, 6.45) is 3.67. The number of thiazole rings is 1. The fourth-order valence-corrected chi connectivity index (χ4v) is 2.80. The summed E-state index contributed by atoms with van der Waals surface area (Å²) in [5, 5.41) is 9.88. The molecule has 94 valence electrons. The van der Waals surface area contributed by atoms with Gasteiger partial charge in [-0.3, -0.25) is 0 Å². The highest BCUT2D eigenvalue weighted by atomic mass is 32.1. The summed E-state index contributed by atoms with van der Waals surface area (Å²) in [4.78, 5) is 18.3. The number of carboxylic acids is 1. The third-order valence-corrected chi connectivity index (χ3v) is 3.96. The molecule has 17 heavy (non-hydrogen) atoms. The molecule has 1 saturated carbocycles. The second-order valence-corrected chi connectivity index (χ2v) is 5.78. The minimum absolute atomic E-state index is 0.210. The maximum Gasteiger partial charge on any atom is 0.355 e. The van der Waals surface area contributed by atoms with Crippen LogP contribution in [0.3, 0.4) is 0 Å². The maximum absolute atomic E-state index is 11.0. The van der Waals surface area contributed by atoms with Gasteiger partial charge in [-0.2, -0.15) is 0 Å². The zero-order valence-electron chi connectivity index (χ0n) is 10.3. The normalized spacial score (nSPS) is 14.9. The minimum atomic E-state index is -0.923. The van der Waals surface area contributed by atoms with Gasteiger partial charge in [-0.15, -0.1) is 11.3 Å². The van der Waals surface area contributed by atoms with Crippen LogP contribution >= 0.6 is 11.3 Å². The smallest absolute Gasteiger partial charge is 0.355 e. The number of aryl methyl sites for hydroxylation is 1. The number of hydrogen-bond donors (Lipinski definition) is 1. The van der Waals surface area contributed by atoms with Crippen molar-refractivity contribution in [1.29, 1.82) is 0 Å². The Bertz CT molecular complexity index is 413. The first-order chi connectivity index (χ1) is 8.11. The molecule has 0 radical (unpaired) electrons. The zero-order chi connectivity index (χ0) is 12.4. The molecule has 0 aromatic carbocycles. The first-order valence-electron chi connectivity index (χ1n) is 6.07. The largest absolute Gasteiger partial charge is 0.476 e. The van der Waals surface area contributed by atoms with E-state index in [1.54, 1.807) is 0 Å². The van der Waals surface area contributed by atoms with Crippen LogP contribution < -0.4 is 4.90 Å². The van der Waals surface area contributed by atoms with Crippen LogP contribution in [-0.4, -0.2) is 29.1 Å².